The van der Waals surface area contributed by atoms with Crippen LogP contribution in [0.1, 0.15) is 36.5 Å². The number of urea groups is 1. The number of benzene rings is 1. The number of ketones is 1. The Hall–Kier alpha value is -2.35. The molecule has 0 bridgehead atoms. The Labute approximate surface area is 118 Å². The smallest absolute Gasteiger partial charge is 0.309 e. The van der Waals surface area contributed by atoms with Crippen LogP contribution in [0.2, 0.25) is 0 Å². The molecule has 1 aliphatic heterocycles. The number of hydrogen-bond acceptors (Lipinski definition) is 3. The van der Waals surface area contributed by atoms with Gasteiger partial charge in [0.1, 0.15) is 6.04 Å². The minimum atomic E-state index is -0.361. The predicted octanol–water partition coefficient (Wildman–Crippen LogP) is 2.80. The van der Waals surface area contributed by atoms with Crippen molar-refractivity contribution < 1.29 is 9.59 Å². The summed E-state index contributed by atoms with van der Waals surface area (Å²) in [5, 5.41) is 11.8. The quantitative estimate of drug-likeness (QED) is 0.840. The Balaban J connectivity index is 2.09. The third-order valence-electron chi connectivity index (χ3n) is 3.43. The van der Waals surface area contributed by atoms with Crippen LogP contribution in [0.25, 0.3) is 0 Å². The molecule has 2 rings (SSSR count). The van der Waals surface area contributed by atoms with Crippen LogP contribution in [-0.4, -0.2) is 29.3 Å². The highest BCUT2D eigenvalue weighted by Crippen LogP contribution is 2.18. The number of nitrogens with one attached hydrogen (secondary N) is 1. The normalized spacial score (nSPS) is 18.2. The van der Waals surface area contributed by atoms with Gasteiger partial charge in [-0.25, -0.2) is 4.79 Å². The fourth-order valence-corrected chi connectivity index (χ4v) is 2.32. The van der Waals surface area contributed by atoms with Crippen LogP contribution < -0.4 is 5.32 Å². The highest BCUT2D eigenvalue weighted by atomic mass is 16.2. The summed E-state index contributed by atoms with van der Waals surface area (Å²) in [5.74, 6) is -0.0472. The fraction of sp³-hybridized carbons (Fsp3) is 0.400. The summed E-state index contributed by atoms with van der Waals surface area (Å²) in [5.41, 5.74) is 1.13. The Bertz CT molecular complexity index is 562. The molecule has 1 atom stereocenters. The van der Waals surface area contributed by atoms with Gasteiger partial charge in [-0.05, 0) is 38.3 Å². The van der Waals surface area contributed by atoms with E-state index in [9.17, 15) is 9.59 Å². The maximum Gasteiger partial charge on any atom is 0.322 e. The average molecular weight is 271 g/mol. The van der Waals surface area contributed by atoms with Crippen molar-refractivity contribution in [3.63, 3.8) is 0 Å². The zero-order chi connectivity index (χ0) is 14.5. The van der Waals surface area contributed by atoms with E-state index in [2.05, 4.69) is 11.4 Å². The number of amides is 2. The van der Waals surface area contributed by atoms with Crippen molar-refractivity contribution in [2.75, 3.05) is 11.9 Å². The van der Waals surface area contributed by atoms with E-state index in [0.29, 0.717) is 17.8 Å². The standard InChI is InChI=1S/C15H17N3O2/c1-11(19)12-5-4-6-13(9-12)17-15(20)18-8-3-2-7-14(18)10-16/h4-6,9,14H,2-3,7-8H2,1H3,(H,17,20). The molecule has 5 nitrogen and oxygen atoms in total. The van der Waals surface area contributed by atoms with Crippen LogP contribution in [0.5, 0.6) is 0 Å². The molecule has 0 aromatic heterocycles. The van der Waals surface area contributed by atoms with E-state index in [1.54, 1.807) is 29.2 Å². The van der Waals surface area contributed by atoms with E-state index in [-0.39, 0.29) is 17.9 Å². The monoisotopic (exact) mass is 271 g/mol. The molecule has 1 aromatic carbocycles. The molecule has 104 valence electrons. The van der Waals surface area contributed by atoms with Gasteiger partial charge in [0.15, 0.2) is 5.78 Å². The maximum absolute atomic E-state index is 12.2. The van der Waals surface area contributed by atoms with Crippen LogP contribution in [0.3, 0.4) is 0 Å². The lowest BCUT2D eigenvalue weighted by Gasteiger charge is -2.31. The number of nitrogens with zero attached hydrogens (tertiary/aromatic N) is 2. The molecule has 1 aliphatic rings. The second-order valence-corrected chi connectivity index (χ2v) is 4.90. The highest BCUT2D eigenvalue weighted by Gasteiger charge is 2.26. The topological polar surface area (TPSA) is 73.2 Å². The SMILES string of the molecule is CC(=O)c1cccc(NC(=O)N2CCCCC2C#N)c1. The van der Waals surface area contributed by atoms with Crippen molar-refractivity contribution in [3.05, 3.63) is 29.8 Å². The van der Waals surface area contributed by atoms with Crippen molar-refractivity contribution in [2.24, 2.45) is 0 Å². The summed E-state index contributed by atoms with van der Waals surface area (Å²) in [4.78, 5) is 25.1. The second-order valence-electron chi connectivity index (χ2n) is 4.90. The van der Waals surface area contributed by atoms with Gasteiger partial charge in [-0.2, -0.15) is 5.26 Å². The average Bonchev–Trinajstić information content (AvgIpc) is 2.47. The molecule has 2 amide bonds. The lowest BCUT2D eigenvalue weighted by atomic mass is 10.0. The summed E-state index contributed by atoms with van der Waals surface area (Å²) < 4.78 is 0. The third-order valence-corrected chi connectivity index (χ3v) is 3.43. The van der Waals surface area contributed by atoms with Gasteiger partial charge in [0, 0.05) is 17.8 Å². The molecule has 1 fully saturated rings. The van der Waals surface area contributed by atoms with Crippen molar-refractivity contribution >= 4 is 17.5 Å². The van der Waals surface area contributed by atoms with Crippen molar-refractivity contribution in [3.8, 4) is 6.07 Å². The molecule has 5 heteroatoms. The minimum Gasteiger partial charge on any atom is -0.309 e. The molecule has 1 unspecified atom stereocenters. The molecule has 0 spiro atoms. The van der Waals surface area contributed by atoms with Gasteiger partial charge in [0.2, 0.25) is 0 Å². The van der Waals surface area contributed by atoms with Gasteiger partial charge in [-0.15, -0.1) is 0 Å². The van der Waals surface area contributed by atoms with Crippen molar-refractivity contribution in [2.45, 2.75) is 32.2 Å². The van der Waals surface area contributed by atoms with Crippen molar-refractivity contribution in [1.29, 1.82) is 5.26 Å². The molecular weight excluding hydrogens is 254 g/mol. The number of hydrogen-bond donors (Lipinski definition) is 1. The first-order chi connectivity index (χ1) is 9.61. The number of Topliss-reactive ketones (excluding diaryl/α,β-unsaturated/α-hetero) is 1. The molecular formula is C15H17N3O2. The van der Waals surface area contributed by atoms with Crippen LogP contribution >= 0.6 is 0 Å². The molecule has 1 heterocycles. The minimum absolute atomic E-state index is 0.0472. The summed E-state index contributed by atoms with van der Waals surface area (Å²) in [7, 11) is 0. The van der Waals surface area contributed by atoms with E-state index < -0.39 is 0 Å². The van der Waals surface area contributed by atoms with Crippen molar-refractivity contribution in [1.82, 2.24) is 4.90 Å². The number of piperidine rings is 1. The Kier molecular flexibility index (Phi) is 4.36. The molecule has 1 N–H and O–H groups in total. The van der Waals surface area contributed by atoms with E-state index in [1.807, 2.05) is 0 Å². The second kappa shape index (κ2) is 6.20. The van der Waals surface area contributed by atoms with Gasteiger partial charge >= 0.3 is 6.03 Å². The first-order valence-electron chi connectivity index (χ1n) is 6.70. The molecule has 1 aromatic rings. The van der Waals surface area contributed by atoms with E-state index >= 15 is 0 Å². The van der Waals surface area contributed by atoms with E-state index in [0.717, 1.165) is 19.3 Å². The zero-order valence-corrected chi connectivity index (χ0v) is 11.4. The number of carbonyl (C=O) groups excluding carboxylic acids is 2. The maximum atomic E-state index is 12.2. The number of nitriles is 1. The van der Waals surface area contributed by atoms with Gasteiger partial charge in [-0.1, -0.05) is 12.1 Å². The number of rotatable bonds is 2. The lowest BCUT2D eigenvalue weighted by Crippen LogP contribution is -2.45. The van der Waals surface area contributed by atoms with Gasteiger partial charge in [-0.3, -0.25) is 4.79 Å². The lowest BCUT2D eigenvalue weighted by molar-refractivity contribution is 0.101. The van der Waals surface area contributed by atoms with Crippen LogP contribution in [-0.2, 0) is 0 Å². The number of likely N-dealkylation sites (tertiary alicyclic amines) is 1. The predicted molar refractivity (Wildman–Crippen MR) is 75.4 cm³/mol. The van der Waals surface area contributed by atoms with Crippen LogP contribution in [0.15, 0.2) is 24.3 Å². The molecule has 0 radical (unpaired) electrons. The zero-order valence-electron chi connectivity index (χ0n) is 11.4. The largest absolute Gasteiger partial charge is 0.322 e. The molecule has 1 saturated heterocycles. The summed E-state index contributed by atoms with van der Waals surface area (Å²) >= 11 is 0. The van der Waals surface area contributed by atoms with E-state index in [1.165, 1.54) is 6.92 Å². The molecule has 0 aliphatic carbocycles. The summed E-state index contributed by atoms with van der Waals surface area (Å²) in [6, 6.07) is 8.33. The van der Waals surface area contributed by atoms with Gasteiger partial charge < -0.3 is 10.2 Å². The number of anilines is 1. The molecule has 20 heavy (non-hydrogen) atoms. The molecule has 0 saturated carbocycles. The number of carbonyl (C=O) groups is 2. The van der Waals surface area contributed by atoms with Gasteiger partial charge in [0.25, 0.3) is 0 Å². The summed E-state index contributed by atoms with van der Waals surface area (Å²) in [6.07, 6.45) is 2.61. The van der Waals surface area contributed by atoms with E-state index in [4.69, 9.17) is 5.26 Å². The highest BCUT2D eigenvalue weighted by molar-refractivity contribution is 5.96. The summed E-state index contributed by atoms with van der Waals surface area (Å²) in [6.45, 7) is 2.08. The Morgan fingerprint density at radius 3 is 2.90 bits per heavy atom. The first kappa shape index (κ1) is 14.1. The third kappa shape index (κ3) is 3.15. The first-order valence-corrected chi connectivity index (χ1v) is 6.70. The van der Waals surface area contributed by atoms with Gasteiger partial charge in [0.05, 0.1) is 6.07 Å². The van der Waals surface area contributed by atoms with Crippen LogP contribution in [0.4, 0.5) is 10.5 Å². The Morgan fingerprint density at radius 1 is 1.40 bits per heavy atom. The Morgan fingerprint density at radius 2 is 2.20 bits per heavy atom. The van der Waals surface area contributed by atoms with Crippen LogP contribution in [0, 0.1) is 11.3 Å². The fourth-order valence-electron chi connectivity index (χ4n) is 2.32.